The number of carboxylic acids is 1. The molecule has 0 amide bonds. The van der Waals surface area contributed by atoms with E-state index in [1.165, 1.54) is 18.5 Å². The molecule has 0 aliphatic heterocycles. The second-order valence-electron chi connectivity index (χ2n) is 7.87. The number of rotatable bonds is 7. The van der Waals surface area contributed by atoms with E-state index in [1.807, 2.05) is 18.2 Å². The predicted molar refractivity (Wildman–Crippen MR) is 104 cm³/mol. The Morgan fingerprint density at radius 3 is 2.38 bits per heavy atom. The molecule has 0 saturated heterocycles. The highest BCUT2D eigenvalue weighted by Gasteiger charge is 2.36. The molecule has 2 aromatic rings. The Hall–Kier alpha value is -2.18. The Labute approximate surface area is 156 Å². The molecule has 1 aromatic carbocycles. The van der Waals surface area contributed by atoms with Crippen molar-refractivity contribution in [1.82, 2.24) is 4.98 Å². The topological polar surface area (TPSA) is 68.7 Å². The molecule has 0 spiro atoms. The van der Waals surface area contributed by atoms with Gasteiger partial charge >= 0.3 is 5.97 Å². The highest BCUT2D eigenvalue weighted by molar-refractivity contribution is 6.74. The van der Waals surface area contributed by atoms with Gasteiger partial charge in [-0.15, -0.1) is 0 Å². The van der Waals surface area contributed by atoms with Gasteiger partial charge in [-0.05, 0) is 35.3 Å². The number of carbonyl (C=O) groups is 1. The van der Waals surface area contributed by atoms with Gasteiger partial charge in [0, 0.05) is 6.20 Å². The summed E-state index contributed by atoms with van der Waals surface area (Å²) in [6.45, 7) is 12.1. The van der Waals surface area contributed by atoms with Crippen LogP contribution in [0.4, 0.5) is 0 Å². The number of ether oxygens (including phenoxy) is 1. The van der Waals surface area contributed by atoms with Gasteiger partial charge in [-0.3, -0.25) is 4.98 Å². The number of aromatic carboxylic acids is 1. The third-order valence-electron chi connectivity index (χ3n) is 4.76. The van der Waals surface area contributed by atoms with Crippen LogP contribution in [0, 0.1) is 0 Å². The summed E-state index contributed by atoms with van der Waals surface area (Å²) in [6, 6.07) is 9.53. The second-order valence-corrected chi connectivity index (χ2v) is 12.7. The number of nitrogens with zero attached hydrogens (tertiary/aromatic N) is 1. The van der Waals surface area contributed by atoms with Gasteiger partial charge < -0.3 is 14.3 Å². The van der Waals surface area contributed by atoms with Crippen LogP contribution in [0.5, 0.6) is 5.75 Å². The quantitative estimate of drug-likeness (QED) is 0.701. The van der Waals surface area contributed by atoms with E-state index in [9.17, 15) is 4.79 Å². The summed E-state index contributed by atoms with van der Waals surface area (Å²) in [5, 5.41) is 9.18. The normalized spacial score (nSPS) is 12.0. The minimum atomic E-state index is -1.79. The number of benzene rings is 1. The van der Waals surface area contributed by atoms with Gasteiger partial charge in [-0.1, -0.05) is 45.0 Å². The molecular formula is C20H27NO4Si. The summed E-state index contributed by atoms with van der Waals surface area (Å²) in [6.07, 6.45) is 2.81. The molecule has 0 bridgehead atoms. The summed E-state index contributed by atoms with van der Waals surface area (Å²) >= 11 is 0. The van der Waals surface area contributed by atoms with Crippen LogP contribution in [0.2, 0.25) is 18.1 Å². The largest absolute Gasteiger partial charge is 0.487 e. The van der Waals surface area contributed by atoms with Gasteiger partial charge in [0.1, 0.15) is 12.4 Å². The first-order valence-electron chi connectivity index (χ1n) is 8.61. The zero-order chi connectivity index (χ0) is 19.4. The summed E-state index contributed by atoms with van der Waals surface area (Å²) in [5.74, 6) is -0.583. The minimum Gasteiger partial charge on any atom is -0.487 e. The third-order valence-corrected chi connectivity index (χ3v) is 9.24. The summed E-state index contributed by atoms with van der Waals surface area (Å²) in [4.78, 5) is 14.9. The lowest BCUT2D eigenvalue weighted by Gasteiger charge is -2.36. The van der Waals surface area contributed by atoms with Crippen LogP contribution in [0.15, 0.2) is 42.7 Å². The lowest BCUT2D eigenvalue weighted by molar-refractivity contribution is 0.0696. The van der Waals surface area contributed by atoms with Crippen molar-refractivity contribution in [3.05, 3.63) is 59.4 Å². The maximum absolute atomic E-state index is 11.0. The molecule has 6 heteroatoms. The zero-order valence-corrected chi connectivity index (χ0v) is 17.1. The van der Waals surface area contributed by atoms with Gasteiger partial charge in [0.25, 0.3) is 0 Å². The molecule has 0 aliphatic carbocycles. The Morgan fingerprint density at radius 1 is 1.12 bits per heavy atom. The zero-order valence-electron chi connectivity index (χ0n) is 16.1. The van der Waals surface area contributed by atoms with Crippen molar-refractivity contribution in [1.29, 1.82) is 0 Å². The van der Waals surface area contributed by atoms with E-state index in [0.717, 1.165) is 11.1 Å². The first-order valence-corrected chi connectivity index (χ1v) is 11.5. The molecule has 1 aromatic heterocycles. The minimum absolute atomic E-state index is 0.110. The number of pyridine rings is 1. The molecule has 0 saturated carbocycles. The van der Waals surface area contributed by atoms with Crippen molar-refractivity contribution in [2.45, 2.75) is 52.1 Å². The number of aromatic nitrogens is 1. The van der Waals surface area contributed by atoms with E-state index < -0.39 is 14.3 Å². The maximum Gasteiger partial charge on any atom is 0.337 e. The van der Waals surface area contributed by atoms with Gasteiger partial charge in [0.2, 0.25) is 0 Å². The second kappa shape index (κ2) is 8.01. The van der Waals surface area contributed by atoms with E-state index in [4.69, 9.17) is 14.3 Å². The van der Waals surface area contributed by atoms with Crippen molar-refractivity contribution in [2.24, 2.45) is 0 Å². The van der Waals surface area contributed by atoms with Crippen molar-refractivity contribution in [3.63, 3.8) is 0 Å². The maximum atomic E-state index is 11.0. The lowest BCUT2D eigenvalue weighted by atomic mass is 10.1. The van der Waals surface area contributed by atoms with Gasteiger partial charge in [0.15, 0.2) is 8.32 Å². The lowest BCUT2D eigenvalue weighted by Crippen LogP contribution is -2.40. The predicted octanol–water partition coefficient (Wildman–Crippen LogP) is 4.88. The van der Waals surface area contributed by atoms with Crippen LogP contribution >= 0.6 is 0 Å². The molecule has 1 N–H and O–H groups in total. The number of hydrogen-bond acceptors (Lipinski definition) is 4. The molecule has 0 radical (unpaired) electrons. The van der Waals surface area contributed by atoms with Crippen molar-refractivity contribution in [2.75, 3.05) is 0 Å². The SMILES string of the molecule is CC(C)(C)[Si](C)(C)OCc1cccc(COc2cncc(C(=O)O)c2)c1. The van der Waals surface area contributed by atoms with Crippen LogP contribution in [0.3, 0.4) is 0 Å². The first kappa shape index (κ1) is 20.1. The van der Waals surface area contributed by atoms with Gasteiger partial charge in [0.05, 0.1) is 18.4 Å². The van der Waals surface area contributed by atoms with E-state index in [-0.39, 0.29) is 10.6 Å². The average molecular weight is 374 g/mol. The molecule has 26 heavy (non-hydrogen) atoms. The fourth-order valence-electron chi connectivity index (χ4n) is 2.07. The van der Waals surface area contributed by atoms with Crippen LogP contribution in [0.1, 0.15) is 42.3 Å². The summed E-state index contributed by atoms with van der Waals surface area (Å²) < 4.78 is 11.9. The Bertz CT molecular complexity index is 768. The van der Waals surface area contributed by atoms with E-state index >= 15 is 0 Å². The molecule has 5 nitrogen and oxygen atoms in total. The van der Waals surface area contributed by atoms with E-state index in [1.54, 1.807) is 0 Å². The molecule has 0 fully saturated rings. The highest BCUT2D eigenvalue weighted by atomic mass is 28.4. The van der Waals surface area contributed by atoms with Crippen LogP contribution in [0.25, 0.3) is 0 Å². The molecule has 0 atom stereocenters. The first-order chi connectivity index (χ1) is 12.1. The monoisotopic (exact) mass is 373 g/mol. The number of hydrogen-bond donors (Lipinski definition) is 1. The van der Waals surface area contributed by atoms with Gasteiger partial charge in [-0.2, -0.15) is 0 Å². The van der Waals surface area contributed by atoms with E-state index in [2.05, 4.69) is 44.9 Å². The van der Waals surface area contributed by atoms with Crippen molar-refractivity contribution < 1.29 is 19.1 Å². The Kier molecular flexibility index (Phi) is 6.20. The van der Waals surface area contributed by atoms with Crippen LogP contribution in [-0.2, 0) is 17.6 Å². The third kappa shape index (κ3) is 5.41. The van der Waals surface area contributed by atoms with E-state index in [0.29, 0.717) is 19.0 Å². The fraction of sp³-hybridized carbons (Fsp3) is 0.400. The molecule has 1 heterocycles. The highest BCUT2D eigenvalue weighted by Crippen LogP contribution is 2.37. The van der Waals surface area contributed by atoms with Gasteiger partial charge in [-0.25, -0.2) is 4.79 Å². The molecular weight excluding hydrogens is 346 g/mol. The summed E-state index contributed by atoms with van der Waals surface area (Å²) in [5.41, 5.74) is 2.22. The van der Waals surface area contributed by atoms with Crippen LogP contribution < -0.4 is 4.74 Å². The Balaban J connectivity index is 1.99. The molecule has 0 aliphatic rings. The molecule has 0 unspecified atom stereocenters. The summed E-state index contributed by atoms with van der Waals surface area (Å²) in [7, 11) is -1.79. The van der Waals surface area contributed by atoms with Crippen LogP contribution in [-0.4, -0.2) is 24.4 Å². The van der Waals surface area contributed by atoms with Crippen molar-refractivity contribution in [3.8, 4) is 5.75 Å². The Morgan fingerprint density at radius 2 is 1.77 bits per heavy atom. The smallest absolute Gasteiger partial charge is 0.337 e. The fourth-order valence-corrected chi connectivity index (χ4v) is 3.03. The van der Waals surface area contributed by atoms with Crippen molar-refractivity contribution >= 4 is 14.3 Å². The number of carboxylic acid groups (broad SMARTS) is 1. The average Bonchev–Trinajstić information content (AvgIpc) is 2.58. The molecule has 140 valence electrons. The standard InChI is InChI=1S/C20H27NO4Si/c1-20(2,3)26(4,5)25-14-16-8-6-7-15(9-16)13-24-18-10-17(19(22)23)11-21-12-18/h6-12H,13-14H2,1-5H3,(H,22,23). The molecule has 2 rings (SSSR count).